The Morgan fingerprint density at radius 1 is 1.50 bits per heavy atom. The van der Waals surface area contributed by atoms with Gasteiger partial charge in [0, 0.05) is 30.9 Å². The Balaban J connectivity index is 1.96. The molecule has 2 N–H and O–H groups in total. The Bertz CT molecular complexity index is 705. The van der Waals surface area contributed by atoms with Crippen LogP contribution < -0.4 is 5.32 Å². The summed E-state index contributed by atoms with van der Waals surface area (Å²) in [6.07, 6.45) is 7.64. The summed E-state index contributed by atoms with van der Waals surface area (Å²) >= 11 is 3.42. The number of nitrogens with zero attached hydrogens (tertiary/aromatic N) is 3. The number of halogens is 1. The molecule has 2 aromatic heterocycles. The summed E-state index contributed by atoms with van der Waals surface area (Å²) in [7, 11) is -1.17. The second-order valence-electron chi connectivity index (χ2n) is 5.64. The van der Waals surface area contributed by atoms with E-state index in [0.29, 0.717) is 16.5 Å². The van der Waals surface area contributed by atoms with E-state index < -0.39 is 10.8 Å². The standard InChI is InChI=1S/C14H19BrN4O2S/c1-22(21)13-6-12(18-14-10(15)7-16-19(13)14)17-11-5-3-2-4-9(11)8-20/h6-7,9,11,20H,2-5,8H2,1H3,(H,17,18). The maximum Gasteiger partial charge on any atom is 0.172 e. The van der Waals surface area contributed by atoms with Crippen LogP contribution in [0.3, 0.4) is 0 Å². The van der Waals surface area contributed by atoms with E-state index in [-0.39, 0.29) is 18.6 Å². The van der Waals surface area contributed by atoms with Gasteiger partial charge in [-0.05, 0) is 28.8 Å². The molecule has 0 aromatic carbocycles. The lowest BCUT2D eigenvalue weighted by Gasteiger charge is -2.31. The first-order valence-electron chi connectivity index (χ1n) is 7.35. The number of aromatic nitrogens is 3. The van der Waals surface area contributed by atoms with Crippen molar-refractivity contribution in [1.29, 1.82) is 0 Å². The third-order valence-electron chi connectivity index (χ3n) is 4.17. The van der Waals surface area contributed by atoms with Crippen LogP contribution >= 0.6 is 15.9 Å². The number of aliphatic hydroxyl groups excluding tert-OH is 1. The van der Waals surface area contributed by atoms with Gasteiger partial charge in [0.05, 0.1) is 21.5 Å². The summed E-state index contributed by atoms with van der Waals surface area (Å²) in [4.78, 5) is 4.57. The van der Waals surface area contributed by atoms with Gasteiger partial charge >= 0.3 is 0 Å². The number of rotatable bonds is 4. The van der Waals surface area contributed by atoms with Gasteiger partial charge in [-0.2, -0.15) is 5.10 Å². The molecule has 0 aliphatic heterocycles. The van der Waals surface area contributed by atoms with Gasteiger partial charge < -0.3 is 10.4 Å². The summed E-state index contributed by atoms with van der Waals surface area (Å²) in [6.45, 7) is 0.183. The Kier molecular flexibility index (Phi) is 4.79. The maximum absolute atomic E-state index is 12.0. The zero-order valence-electron chi connectivity index (χ0n) is 12.3. The van der Waals surface area contributed by atoms with Crippen molar-refractivity contribution in [3.8, 4) is 0 Å². The van der Waals surface area contributed by atoms with Crippen LogP contribution in [0.2, 0.25) is 0 Å². The van der Waals surface area contributed by atoms with Gasteiger partial charge in [0.1, 0.15) is 10.8 Å². The molecule has 3 unspecified atom stereocenters. The fourth-order valence-electron chi connectivity index (χ4n) is 2.99. The van der Waals surface area contributed by atoms with Crippen molar-refractivity contribution in [2.75, 3.05) is 18.2 Å². The van der Waals surface area contributed by atoms with E-state index in [1.165, 1.54) is 0 Å². The van der Waals surface area contributed by atoms with E-state index in [4.69, 9.17) is 0 Å². The molecule has 1 aliphatic carbocycles. The van der Waals surface area contributed by atoms with Gasteiger partial charge in [-0.25, -0.2) is 9.50 Å². The number of aliphatic hydroxyl groups is 1. The molecule has 1 aliphatic rings. The number of hydrogen-bond donors (Lipinski definition) is 2. The first-order chi connectivity index (χ1) is 10.6. The predicted octanol–water partition coefficient (Wildman–Crippen LogP) is 2.19. The molecule has 120 valence electrons. The van der Waals surface area contributed by atoms with Gasteiger partial charge in [0.25, 0.3) is 0 Å². The van der Waals surface area contributed by atoms with Crippen molar-refractivity contribution in [2.45, 2.75) is 36.8 Å². The van der Waals surface area contributed by atoms with Crippen molar-refractivity contribution in [2.24, 2.45) is 5.92 Å². The SMILES string of the molecule is CS(=O)c1cc(NC2CCCCC2CO)nc2c(Br)cnn12. The molecule has 0 bridgehead atoms. The Hall–Kier alpha value is -0.990. The second kappa shape index (κ2) is 6.64. The molecule has 0 saturated heterocycles. The first-order valence-corrected chi connectivity index (χ1v) is 9.70. The van der Waals surface area contributed by atoms with Crippen LogP contribution in [-0.2, 0) is 10.8 Å². The Morgan fingerprint density at radius 3 is 3.00 bits per heavy atom. The van der Waals surface area contributed by atoms with Crippen LogP contribution in [0.5, 0.6) is 0 Å². The van der Waals surface area contributed by atoms with E-state index in [2.05, 4.69) is 31.3 Å². The van der Waals surface area contributed by atoms with Crippen molar-refractivity contribution >= 4 is 38.2 Å². The third kappa shape index (κ3) is 3.04. The quantitative estimate of drug-likeness (QED) is 0.787. The van der Waals surface area contributed by atoms with E-state index in [1.807, 2.05) is 0 Å². The van der Waals surface area contributed by atoms with Crippen molar-refractivity contribution in [3.63, 3.8) is 0 Å². The molecule has 0 radical (unpaired) electrons. The molecule has 2 heterocycles. The molecular formula is C14H19BrN4O2S. The Morgan fingerprint density at radius 2 is 2.27 bits per heavy atom. The maximum atomic E-state index is 12.0. The van der Waals surface area contributed by atoms with Gasteiger partial charge in [-0.15, -0.1) is 0 Å². The monoisotopic (exact) mass is 386 g/mol. The molecule has 2 aromatic rings. The molecule has 3 rings (SSSR count). The van der Waals surface area contributed by atoms with Crippen LogP contribution in [0.4, 0.5) is 5.82 Å². The van der Waals surface area contributed by atoms with Gasteiger partial charge in [-0.1, -0.05) is 12.8 Å². The average Bonchev–Trinajstić information content (AvgIpc) is 2.88. The molecule has 22 heavy (non-hydrogen) atoms. The van der Waals surface area contributed by atoms with Crippen molar-refractivity contribution in [1.82, 2.24) is 14.6 Å². The summed E-state index contributed by atoms with van der Waals surface area (Å²) in [5.74, 6) is 0.931. The molecule has 1 saturated carbocycles. The highest BCUT2D eigenvalue weighted by Crippen LogP contribution is 2.28. The smallest absolute Gasteiger partial charge is 0.172 e. The third-order valence-corrected chi connectivity index (χ3v) is 5.61. The predicted molar refractivity (Wildman–Crippen MR) is 89.5 cm³/mol. The number of fused-ring (bicyclic) bond motifs is 1. The van der Waals surface area contributed by atoms with Crippen molar-refractivity contribution in [3.05, 3.63) is 16.7 Å². The summed E-state index contributed by atoms with van der Waals surface area (Å²) in [6, 6.07) is 1.99. The lowest BCUT2D eigenvalue weighted by Crippen LogP contribution is -2.34. The highest BCUT2D eigenvalue weighted by molar-refractivity contribution is 9.10. The normalized spacial score (nSPS) is 23.6. The molecule has 0 spiro atoms. The largest absolute Gasteiger partial charge is 0.396 e. The topological polar surface area (TPSA) is 79.5 Å². The van der Waals surface area contributed by atoms with E-state index in [1.54, 1.807) is 23.0 Å². The van der Waals surface area contributed by atoms with Crippen LogP contribution in [0.15, 0.2) is 21.8 Å². The van der Waals surface area contributed by atoms with Gasteiger partial charge in [0.15, 0.2) is 5.65 Å². The fraction of sp³-hybridized carbons (Fsp3) is 0.571. The van der Waals surface area contributed by atoms with E-state index in [9.17, 15) is 9.32 Å². The fourth-order valence-corrected chi connectivity index (χ4v) is 4.00. The molecule has 6 nitrogen and oxygen atoms in total. The number of nitrogens with one attached hydrogen (secondary N) is 1. The highest BCUT2D eigenvalue weighted by Gasteiger charge is 2.25. The minimum Gasteiger partial charge on any atom is -0.396 e. The highest BCUT2D eigenvalue weighted by atomic mass is 79.9. The van der Waals surface area contributed by atoms with Crippen LogP contribution in [-0.4, -0.2) is 42.8 Å². The van der Waals surface area contributed by atoms with E-state index in [0.717, 1.165) is 30.2 Å². The van der Waals surface area contributed by atoms with Gasteiger partial charge in [-0.3, -0.25) is 4.21 Å². The lowest BCUT2D eigenvalue weighted by molar-refractivity contribution is 0.178. The minimum absolute atomic E-state index is 0.183. The first kappa shape index (κ1) is 15.9. The molecule has 8 heteroatoms. The number of hydrogen-bond acceptors (Lipinski definition) is 5. The molecular weight excluding hydrogens is 368 g/mol. The Labute approximate surface area is 139 Å². The summed E-state index contributed by atoms with van der Waals surface area (Å²) < 4.78 is 14.3. The summed E-state index contributed by atoms with van der Waals surface area (Å²) in [5, 5.41) is 17.8. The average molecular weight is 387 g/mol. The van der Waals surface area contributed by atoms with Crippen LogP contribution in [0, 0.1) is 5.92 Å². The molecule has 1 fully saturated rings. The molecule has 3 atom stereocenters. The molecule has 0 amide bonds. The van der Waals surface area contributed by atoms with E-state index >= 15 is 0 Å². The van der Waals surface area contributed by atoms with Crippen LogP contribution in [0.25, 0.3) is 5.65 Å². The zero-order valence-corrected chi connectivity index (χ0v) is 14.7. The minimum atomic E-state index is -1.17. The summed E-state index contributed by atoms with van der Waals surface area (Å²) in [5.41, 5.74) is 0.645. The van der Waals surface area contributed by atoms with Crippen LogP contribution in [0.1, 0.15) is 25.7 Å². The zero-order chi connectivity index (χ0) is 15.7. The van der Waals surface area contributed by atoms with Gasteiger partial charge in [0.2, 0.25) is 0 Å². The lowest BCUT2D eigenvalue weighted by atomic mass is 9.85. The number of anilines is 1. The van der Waals surface area contributed by atoms with Crippen molar-refractivity contribution < 1.29 is 9.32 Å². The second-order valence-corrected chi connectivity index (χ2v) is 7.82.